The summed E-state index contributed by atoms with van der Waals surface area (Å²) >= 11 is 1.33. The normalized spacial score (nSPS) is 16.4. The van der Waals surface area contributed by atoms with Gasteiger partial charge in [0.2, 0.25) is 16.9 Å². The van der Waals surface area contributed by atoms with Gasteiger partial charge in [0.15, 0.2) is 0 Å². The van der Waals surface area contributed by atoms with Crippen LogP contribution in [0.2, 0.25) is 0 Å². The fourth-order valence-corrected chi connectivity index (χ4v) is 4.00. The van der Waals surface area contributed by atoms with E-state index in [-0.39, 0.29) is 24.2 Å². The van der Waals surface area contributed by atoms with E-state index in [9.17, 15) is 9.59 Å². The van der Waals surface area contributed by atoms with Gasteiger partial charge in [-0.3, -0.25) is 9.59 Å². The number of amides is 2. The Kier molecular flexibility index (Phi) is 5.43. The van der Waals surface area contributed by atoms with Gasteiger partial charge in [-0.2, -0.15) is 0 Å². The molecule has 1 unspecified atom stereocenters. The lowest BCUT2D eigenvalue weighted by molar-refractivity contribution is -0.128. The molecule has 2 aromatic carbocycles. The lowest BCUT2D eigenvalue weighted by Crippen LogP contribution is -2.30. The summed E-state index contributed by atoms with van der Waals surface area (Å²) in [5.74, 6) is -0.503. The first-order valence-corrected chi connectivity index (χ1v) is 10.0. The zero-order chi connectivity index (χ0) is 19.3. The van der Waals surface area contributed by atoms with Crippen molar-refractivity contribution in [2.24, 2.45) is 5.92 Å². The molecule has 1 aliphatic rings. The highest BCUT2D eigenvalue weighted by molar-refractivity contribution is 7.18. The molecule has 6 nitrogen and oxygen atoms in total. The average molecular weight is 392 g/mol. The lowest BCUT2D eigenvalue weighted by Gasteiger charge is -2.16. The fraction of sp³-hybridized carbons (Fsp3) is 0.238. The van der Waals surface area contributed by atoms with Gasteiger partial charge in [0.05, 0.1) is 5.92 Å². The van der Waals surface area contributed by atoms with Crippen molar-refractivity contribution in [3.8, 4) is 10.6 Å². The maximum Gasteiger partial charge on any atom is 0.231 e. The highest BCUT2D eigenvalue weighted by atomic mass is 32.1. The second kappa shape index (κ2) is 8.31. The average Bonchev–Trinajstić information content (AvgIpc) is 3.34. The monoisotopic (exact) mass is 392 g/mol. The van der Waals surface area contributed by atoms with Crippen LogP contribution in [0.25, 0.3) is 10.6 Å². The predicted octanol–water partition coefficient (Wildman–Crippen LogP) is 3.23. The number of carbonyl (C=O) groups is 2. The van der Waals surface area contributed by atoms with Gasteiger partial charge >= 0.3 is 0 Å². The van der Waals surface area contributed by atoms with Crippen molar-refractivity contribution in [3.05, 3.63) is 66.2 Å². The van der Waals surface area contributed by atoms with Crippen molar-refractivity contribution >= 4 is 28.3 Å². The molecule has 1 N–H and O–H groups in total. The summed E-state index contributed by atoms with van der Waals surface area (Å²) in [5, 5.41) is 12.2. The summed E-state index contributed by atoms with van der Waals surface area (Å²) in [7, 11) is 0. The van der Waals surface area contributed by atoms with Gasteiger partial charge in [0.25, 0.3) is 0 Å². The molecule has 0 aliphatic carbocycles. The molecule has 7 heteroatoms. The molecule has 0 saturated carbocycles. The van der Waals surface area contributed by atoms with Gasteiger partial charge in [-0.15, -0.1) is 10.2 Å². The van der Waals surface area contributed by atoms with E-state index in [1.165, 1.54) is 16.9 Å². The summed E-state index contributed by atoms with van der Waals surface area (Å²) in [4.78, 5) is 26.6. The molecule has 0 spiro atoms. The number of hydrogen-bond acceptors (Lipinski definition) is 5. The highest BCUT2D eigenvalue weighted by Crippen LogP contribution is 2.27. The Labute approximate surface area is 167 Å². The minimum atomic E-state index is -0.354. The van der Waals surface area contributed by atoms with Crippen molar-refractivity contribution < 1.29 is 9.59 Å². The fourth-order valence-electron chi connectivity index (χ4n) is 3.25. The van der Waals surface area contributed by atoms with E-state index < -0.39 is 0 Å². The molecule has 0 radical (unpaired) electrons. The van der Waals surface area contributed by atoms with Crippen LogP contribution in [0.3, 0.4) is 0 Å². The van der Waals surface area contributed by atoms with Gasteiger partial charge in [-0.1, -0.05) is 72.0 Å². The third kappa shape index (κ3) is 4.26. The Morgan fingerprint density at radius 2 is 1.79 bits per heavy atom. The van der Waals surface area contributed by atoms with Crippen LogP contribution < -0.4 is 5.32 Å². The second-order valence-corrected chi connectivity index (χ2v) is 7.72. The quantitative estimate of drug-likeness (QED) is 0.699. The molecule has 3 aromatic rings. The molecule has 0 bridgehead atoms. The van der Waals surface area contributed by atoms with Crippen molar-refractivity contribution in [2.75, 3.05) is 18.4 Å². The van der Waals surface area contributed by atoms with Gasteiger partial charge < -0.3 is 10.2 Å². The second-order valence-electron chi connectivity index (χ2n) is 6.74. The van der Waals surface area contributed by atoms with Gasteiger partial charge in [-0.25, -0.2) is 0 Å². The molecule has 2 amide bonds. The molecular formula is C21H20N4O2S. The summed E-state index contributed by atoms with van der Waals surface area (Å²) in [6.07, 6.45) is 1.03. The highest BCUT2D eigenvalue weighted by Gasteiger charge is 2.34. The van der Waals surface area contributed by atoms with Crippen LogP contribution in [0.5, 0.6) is 0 Å². The number of aromatic nitrogens is 2. The third-order valence-corrected chi connectivity index (χ3v) is 5.66. The first-order valence-electron chi connectivity index (χ1n) is 9.20. The topological polar surface area (TPSA) is 75.2 Å². The molecule has 1 aromatic heterocycles. The Morgan fingerprint density at radius 1 is 1.07 bits per heavy atom. The van der Waals surface area contributed by atoms with Gasteiger partial charge in [-0.05, 0) is 12.0 Å². The van der Waals surface area contributed by atoms with Gasteiger partial charge in [0, 0.05) is 25.1 Å². The summed E-state index contributed by atoms with van der Waals surface area (Å²) in [6.45, 7) is 1.07. The van der Waals surface area contributed by atoms with E-state index in [1.807, 2.05) is 60.7 Å². The Hall–Kier alpha value is -3.06. The predicted molar refractivity (Wildman–Crippen MR) is 109 cm³/mol. The molecule has 4 rings (SSSR count). The number of nitrogens with zero attached hydrogens (tertiary/aromatic N) is 3. The molecule has 28 heavy (non-hydrogen) atoms. The first kappa shape index (κ1) is 18.3. The summed E-state index contributed by atoms with van der Waals surface area (Å²) in [5.41, 5.74) is 2.15. The first-order chi connectivity index (χ1) is 13.7. The number of benzene rings is 2. The van der Waals surface area contributed by atoms with Crippen LogP contribution in [-0.4, -0.2) is 40.0 Å². The maximum absolute atomic E-state index is 12.6. The minimum absolute atomic E-state index is 0.0262. The molecule has 1 atom stereocenters. The lowest BCUT2D eigenvalue weighted by atomic mass is 10.1. The van der Waals surface area contributed by atoms with Crippen LogP contribution in [0.1, 0.15) is 12.0 Å². The van der Waals surface area contributed by atoms with Crippen LogP contribution in [0.15, 0.2) is 60.7 Å². The molecule has 1 fully saturated rings. The largest absolute Gasteiger partial charge is 0.342 e. The van der Waals surface area contributed by atoms with Gasteiger partial charge in [0.1, 0.15) is 5.01 Å². The minimum Gasteiger partial charge on any atom is -0.342 e. The molecule has 1 aliphatic heterocycles. The van der Waals surface area contributed by atoms with Crippen molar-refractivity contribution in [2.45, 2.75) is 12.8 Å². The number of hydrogen-bond donors (Lipinski definition) is 1. The van der Waals surface area contributed by atoms with Crippen molar-refractivity contribution in [1.29, 1.82) is 0 Å². The zero-order valence-corrected chi connectivity index (χ0v) is 16.1. The maximum atomic E-state index is 12.6. The number of rotatable bonds is 6. The molecular weight excluding hydrogens is 372 g/mol. The summed E-state index contributed by atoms with van der Waals surface area (Å²) in [6, 6.07) is 19.8. The SMILES string of the molecule is O=C(Nc1nnc(-c2ccccc2)s1)C1CC(=O)N(CCc2ccccc2)C1. The molecule has 1 saturated heterocycles. The van der Waals surface area contributed by atoms with Crippen LogP contribution in [-0.2, 0) is 16.0 Å². The van der Waals surface area contributed by atoms with Crippen LogP contribution in [0, 0.1) is 5.92 Å². The van der Waals surface area contributed by atoms with E-state index in [0.29, 0.717) is 18.2 Å². The smallest absolute Gasteiger partial charge is 0.231 e. The van der Waals surface area contributed by atoms with E-state index in [1.54, 1.807) is 4.90 Å². The van der Waals surface area contributed by atoms with E-state index >= 15 is 0 Å². The Balaban J connectivity index is 1.33. The van der Waals surface area contributed by atoms with Crippen molar-refractivity contribution in [1.82, 2.24) is 15.1 Å². The number of likely N-dealkylation sites (tertiary alicyclic amines) is 1. The van der Waals surface area contributed by atoms with Crippen LogP contribution >= 0.6 is 11.3 Å². The zero-order valence-electron chi connectivity index (χ0n) is 15.2. The summed E-state index contributed by atoms with van der Waals surface area (Å²) < 4.78 is 0. The number of anilines is 1. The van der Waals surface area contributed by atoms with E-state index in [4.69, 9.17) is 0 Å². The van der Waals surface area contributed by atoms with Crippen LogP contribution in [0.4, 0.5) is 5.13 Å². The Bertz CT molecular complexity index is 959. The number of carbonyl (C=O) groups excluding carboxylic acids is 2. The number of nitrogens with one attached hydrogen (secondary N) is 1. The van der Waals surface area contributed by atoms with E-state index in [2.05, 4.69) is 15.5 Å². The van der Waals surface area contributed by atoms with E-state index in [0.717, 1.165) is 17.0 Å². The third-order valence-electron chi connectivity index (χ3n) is 4.77. The molecule has 142 valence electrons. The molecule has 2 heterocycles. The van der Waals surface area contributed by atoms with Crippen molar-refractivity contribution in [3.63, 3.8) is 0 Å². The standard InChI is InChI=1S/C21H20N4O2S/c26-18-13-17(14-25(18)12-11-15-7-3-1-4-8-15)19(27)22-21-24-23-20(28-21)16-9-5-2-6-10-16/h1-10,17H,11-14H2,(H,22,24,27). The Morgan fingerprint density at radius 3 is 2.54 bits per heavy atom.